The van der Waals surface area contributed by atoms with Crippen LogP contribution in [0.3, 0.4) is 0 Å². The van der Waals surface area contributed by atoms with Crippen molar-refractivity contribution in [3.05, 3.63) is 22.3 Å². The molecule has 1 saturated heterocycles. The number of likely N-dealkylation sites (N-methyl/N-ethyl adjacent to an activating group) is 1. The molecule has 4 heteroatoms. The Labute approximate surface area is 112 Å². The van der Waals surface area contributed by atoms with Crippen molar-refractivity contribution in [2.75, 3.05) is 38.1 Å². The van der Waals surface area contributed by atoms with Gasteiger partial charge in [-0.2, -0.15) is 0 Å². The lowest BCUT2D eigenvalue weighted by atomic mass is 10.3. The second kappa shape index (κ2) is 5.83. The van der Waals surface area contributed by atoms with Gasteiger partial charge in [0.05, 0.1) is 4.47 Å². The second-order valence-corrected chi connectivity index (χ2v) is 5.64. The quantitative estimate of drug-likeness (QED) is 0.852. The molecule has 0 amide bonds. The number of likely N-dealkylation sites (tertiary alicyclic amines) is 1. The summed E-state index contributed by atoms with van der Waals surface area (Å²) in [6.07, 6.45) is 4.64. The number of hydrogen-bond donors (Lipinski definition) is 0. The summed E-state index contributed by atoms with van der Waals surface area (Å²) in [5.74, 6) is 1.04. The van der Waals surface area contributed by atoms with Gasteiger partial charge in [-0.15, -0.1) is 0 Å². The third-order valence-corrected chi connectivity index (χ3v) is 3.85. The zero-order chi connectivity index (χ0) is 12.3. The zero-order valence-corrected chi connectivity index (χ0v) is 12.2. The van der Waals surface area contributed by atoms with E-state index < -0.39 is 0 Å². The first-order chi connectivity index (χ1) is 8.16. The smallest absolute Gasteiger partial charge is 0.142 e. The minimum absolute atomic E-state index is 1.04. The summed E-state index contributed by atoms with van der Waals surface area (Å²) in [5, 5.41) is 0. The highest BCUT2D eigenvalue weighted by atomic mass is 79.9. The molecule has 2 rings (SSSR count). The van der Waals surface area contributed by atoms with Gasteiger partial charge in [0.2, 0.25) is 0 Å². The maximum atomic E-state index is 4.48. The summed E-state index contributed by atoms with van der Waals surface area (Å²) in [6.45, 7) is 6.76. The predicted molar refractivity (Wildman–Crippen MR) is 75.6 cm³/mol. The SMILES string of the molecule is Cc1cnc(N(C)CCN2CCCC2)c(Br)c1. The van der Waals surface area contributed by atoms with Gasteiger partial charge in [0, 0.05) is 26.3 Å². The van der Waals surface area contributed by atoms with E-state index in [1.165, 1.54) is 31.5 Å². The predicted octanol–water partition coefficient (Wildman–Crippen LogP) is 2.68. The molecule has 0 saturated carbocycles. The molecule has 1 fully saturated rings. The van der Waals surface area contributed by atoms with Crippen LogP contribution >= 0.6 is 15.9 Å². The lowest BCUT2D eigenvalue weighted by Gasteiger charge is -2.23. The molecule has 0 aliphatic carbocycles. The number of halogens is 1. The van der Waals surface area contributed by atoms with Crippen LogP contribution in [0.1, 0.15) is 18.4 Å². The zero-order valence-electron chi connectivity index (χ0n) is 10.6. The topological polar surface area (TPSA) is 19.4 Å². The van der Waals surface area contributed by atoms with Crippen LogP contribution in [0.2, 0.25) is 0 Å². The minimum Gasteiger partial charge on any atom is -0.357 e. The Bertz CT molecular complexity index is 375. The van der Waals surface area contributed by atoms with Crippen molar-refractivity contribution in [1.82, 2.24) is 9.88 Å². The van der Waals surface area contributed by atoms with Crippen LogP contribution in [0.4, 0.5) is 5.82 Å². The fourth-order valence-corrected chi connectivity index (χ4v) is 2.98. The normalized spacial score (nSPS) is 16.4. The van der Waals surface area contributed by atoms with E-state index >= 15 is 0 Å². The van der Waals surface area contributed by atoms with Gasteiger partial charge in [0.25, 0.3) is 0 Å². The summed E-state index contributed by atoms with van der Waals surface area (Å²) >= 11 is 3.58. The van der Waals surface area contributed by atoms with Crippen molar-refractivity contribution >= 4 is 21.7 Å². The van der Waals surface area contributed by atoms with E-state index in [0.29, 0.717) is 0 Å². The number of anilines is 1. The van der Waals surface area contributed by atoms with Crippen LogP contribution < -0.4 is 4.90 Å². The Hall–Kier alpha value is -0.610. The molecule has 0 bridgehead atoms. The molecular weight excluding hydrogens is 278 g/mol. The van der Waals surface area contributed by atoms with Crippen molar-refractivity contribution in [2.45, 2.75) is 19.8 Å². The van der Waals surface area contributed by atoms with Crippen LogP contribution in [0.25, 0.3) is 0 Å². The monoisotopic (exact) mass is 297 g/mol. The third kappa shape index (κ3) is 3.42. The minimum atomic E-state index is 1.04. The summed E-state index contributed by atoms with van der Waals surface area (Å²) in [7, 11) is 2.11. The van der Waals surface area contributed by atoms with Gasteiger partial charge < -0.3 is 9.80 Å². The van der Waals surface area contributed by atoms with Crippen LogP contribution in [0, 0.1) is 6.92 Å². The number of aryl methyl sites for hydroxylation is 1. The summed E-state index contributed by atoms with van der Waals surface area (Å²) < 4.78 is 1.08. The summed E-state index contributed by atoms with van der Waals surface area (Å²) in [5.41, 5.74) is 1.19. The first kappa shape index (κ1) is 12.8. The third-order valence-electron chi connectivity index (χ3n) is 3.27. The van der Waals surface area contributed by atoms with E-state index in [9.17, 15) is 0 Å². The van der Waals surface area contributed by atoms with Crippen LogP contribution in [0.15, 0.2) is 16.7 Å². The number of nitrogens with zero attached hydrogens (tertiary/aromatic N) is 3. The Morgan fingerprint density at radius 3 is 2.76 bits per heavy atom. The Morgan fingerprint density at radius 1 is 1.41 bits per heavy atom. The molecule has 2 heterocycles. The molecular formula is C13H20BrN3. The molecule has 3 nitrogen and oxygen atoms in total. The Morgan fingerprint density at radius 2 is 2.12 bits per heavy atom. The van der Waals surface area contributed by atoms with Crippen LogP contribution in [-0.2, 0) is 0 Å². The second-order valence-electron chi connectivity index (χ2n) is 4.79. The molecule has 1 aliphatic heterocycles. The van der Waals surface area contributed by atoms with Gasteiger partial charge >= 0.3 is 0 Å². The highest BCUT2D eigenvalue weighted by Crippen LogP contribution is 2.23. The van der Waals surface area contributed by atoms with E-state index in [4.69, 9.17) is 0 Å². The molecule has 0 radical (unpaired) electrons. The maximum Gasteiger partial charge on any atom is 0.142 e. The highest BCUT2D eigenvalue weighted by molar-refractivity contribution is 9.10. The Balaban J connectivity index is 1.91. The van der Waals surface area contributed by atoms with E-state index in [0.717, 1.165) is 23.4 Å². The van der Waals surface area contributed by atoms with Gasteiger partial charge in [-0.05, 0) is 60.4 Å². The average molecular weight is 298 g/mol. The summed E-state index contributed by atoms with van der Waals surface area (Å²) in [4.78, 5) is 9.23. The standard InChI is InChI=1S/C13H20BrN3/c1-11-9-12(14)13(15-10-11)16(2)7-8-17-5-3-4-6-17/h9-10H,3-8H2,1-2H3. The van der Waals surface area contributed by atoms with Crippen molar-refractivity contribution in [1.29, 1.82) is 0 Å². The molecule has 1 aromatic rings. The average Bonchev–Trinajstić information content (AvgIpc) is 2.78. The number of rotatable bonds is 4. The molecule has 94 valence electrons. The molecule has 0 atom stereocenters. The van der Waals surface area contributed by atoms with Crippen LogP contribution in [-0.4, -0.2) is 43.1 Å². The number of hydrogen-bond acceptors (Lipinski definition) is 3. The van der Waals surface area contributed by atoms with Crippen molar-refractivity contribution in [3.8, 4) is 0 Å². The first-order valence-electron chi connectivity index (χ1n) is 6.22. The van der Waals surface area contributed by atoms with Crippen LogP contribution in [0.5, 0.6) is 0 Å². The molecule has 1 aliphatic rings. The summed E-state index contributed by atoms with van der Waals surface area (Å²) in [6, 6.07) is 2.12. The van der Waals surface area contributed by atoms with Gasteiger partial charge in [-0.25, -0.2) is 4.98 Å². The molecule has 0 unspecified atom stereocenters. The van der Waals surface area contributed by atoms with E-state index in [2.05, 4.69) is 50.8 Å². The lowest BCUT2D eigenvalue weighted by Crippen LogP contribution is -2.31. The van der Waals surface area contributed by atoms with Crippen molar-refractivity contribution in [2.24, 2.45) is 0 Å². The maximum absolute atomic E-state index is 4.48. The van der Waals surface area contributed by atoms with Gasteiger partial charge in [-0.1, -0.05) is 0 Å². The highest BCUT2D eigenvalue weighted by Gasteiger charge is 2.13. The Kier molecular flexibility index (Phi) is 4.40. The number of aromatic nitrogens is 1. The molecule has 1 aromatic heterocycles. The molecule has 0 N–H and O–H groups in total. The fourth-order valence-electron chi connectivity index (χ4n) is 2.21. The van der Waals surface area contributed by atoms with Gasteiger partial charge in [0.15, 0.2) is 0 Å². The molecule has 0 aromatic carbocycles. The lowest BCUT2D eigenvalue weighted by molar-refractivity contribution is 0.346. The first-order valence-corrected chi connectivity index (χ1v) is 7.02. The fraction of sp³-hybridized carbons (Fsp3) is 0.615. The van der Waals surface area contributed by atoms with Gasteiger partial charge in [0.1, 0.15) is 5.82 Å². The number of pyridine rings is 1. The largest absolute Gasteiger partial charge is 0.357 e. The molecule has 17 heavy (non-hydrogen) atoms. The van der Waals surface area contributed by atoms with Gasteiger partial charge in [-0.3, -0.25) is 0 Å². The van der Waals surface area contributed by atoms with Crippen molar-refractivity contribution in [3.63, 3.8) is 0 Å². The van der Waals surface area contributed by atoms with E-state index in [1.54, 1.807) is 0 Å². The van der Waals surface area contributed by atoms with E-state index in [-0.39, 0.29) is 0 Å². The van der Waals surface area contributed by atoms with Crippen molar-refractivity contribution < 1.29 is 0 Å². The molecule has 0 spiro atoms. The van der Waals surface area contributed by atoms with E-state index in [1.807, 2.05) is 6.20 Å².